The van der Waals surface area contributed by atoms with Crippen LogP contribution < -0.4 is 11.1 Å². The van der Waals surface area contributed by atoms with Gasteiger partial charge in [-0.1, -0.05) is 41.7 Å². The Morgan fingerprint density at radius 3 is 2.58 bits per heavy atom. The van der Waals surface area contributed by atoms with Gasteiger partial charge in [0.15, 0.2) is 5.13 Å². The van der Waals surface area contributed by atoms with Gasteiger partial charge in [-0.3, -0.25) is 4.79 Å². The number of nitrogens with one attached hydrogen (secondary N) is 1. The first-order valence-corrected chi connectivity index (χ1v) is 11.3. The summed E-state index contributed by atoms with van der Waals surface area (Å²) >= 11 is 1.60. The molecule has 1 aromatic carbocycles. The molecule has 0 saturated carbocycles. The molecule has 1 aliphatic heterocycles. The Balaban J connectivity index is 1.45. The van der Waals surface area contributed by atoms with Gasteiger partial charge in [0.2, 0.25) is 5.91 Å². The van der Waals surface area contributed by atoms with Crippen LogP contribution in [-0.4, -0.2) is 44.4 Å². The van der Waals surface area contributed by atoms with Crippen LogP contribution in [0.1, 0.15) is 44.1 Å². The maximum atomic E-state index is 12.4. The predicted octanol–water partition coefficient (Wildman–Crippen LogP) is 4.10. The summed E-state index contributed by atoms with van der Waals surface area (Å²) in [5, 5.41) is 4.14. The van der Waals surface area contributed by atoms with Crippen molar-refractivity contribution < 1.29 is 4.79 Å². The molecule has 1 saturated heterocycles. The molecule has 0 spiro atoms. The fourth-order valence-corrected chi connectivity index (χ4v) is 4.66. The summed E-state index contributed by atoms with van der Waals surface area (Å²) < 4.78 is 0. The topological polar surface area (TPSA) is 97.0 Å². The maximum Gasteiger partial charge on any atom is 0.242 e. The van der Waals surface area contributed by atoms with E-state index in [1.165, 1.54) is 0 Å². The fraction of sp³-hybridized carbons (Fsp3) is 0.391. The number of piperidine rings is 1. The molecular weight excluding hydrogens is 408 g/mol. The normalized spacial score (nSPS) is 15.2. The number of benzene rings is 1. The highest BCUT2D eigenvalue weighted by molar-refractivity contribution is 7.18. The first-order valence-electron chi connectivity index (χ1n) is 10.5. The van der Waals surface area contributed by atoms with Gasteiger partial charge < -0.3 is 16.0 Å². The van der Waals surface area contributed by atoms with Crippen LogP contribution in [0.5, 0.6) is 0 Å². The Hall–Kier alpha value is -2.84. The number of aryl methyl sites for hydroxylation is 1. The average Bonchev–Trinajstić information content (AvgIpc) is 3.21. The summed E-state index contributed by atoms with van der Waals surface area (Å²) in [5.41, 5.74) is 7.31. The van der Waals surface area contributed by atoms with E-state index in [-0.39, 0.29) is 5.91 Å². The lowest BCUT2D eigenvalue weighted by Gasteiger charge is -2.35. The standard InChI is InChI=1S/C23H28N6OS/c1-15-26-18(16-9-11-29(12-10-16)21(30)23(2,3)24)13-20(27-15)28-22-25-14-19(31-22)17-7-5-4-6-8-17/h4-8,13-14,16H,9-12,24H2,1-3H3,(H,25,26,27,28). The molecule has 1 fully saturated rings. The largest absolute Gasteiger partial charge is 0.341 e. The SMILES string of the molecule is Cc1nc(Nc2ncc(-c3ccccc3)s2)cc(C2CCN(C(=O)C(C)(C)N)CC2)n1. The van der Waals surface area contributed by atoms with E-state index in [1.54, 1.807) is 25.2 Å². The number of amides is 1. The number of nitrogens with zero attached hydrogens (tertiary/aromatic N) is 4. The molecule has 2 aromatic heterocycles. The fourth-order valence-electron chi connectivity index (χ4n) is 3.83. The molecule has 162 valence electrons. The van der Waals surface area contributed by atoms with Crippen LogP contribution in [-0.2, 0) is 4.79 Å². The van der Waals surface area contributed by atoms with Gasteiger partial charge in [-0.25, -0.2) is 15.0 Å². The average molecular weight is 437 g/mol. The quantitative estimate of drug-likeness (QED) is 0.625. The van der Waals surface area contributed by atoms with Crippen molar-refractivity contribution in [3.8, 4) is 10.4 Å². The van der Waals surface area contributed by atoms with Crippen LogP contribution in [0.4, 0.5) is 10.9 Å². The summed E-state index contributed by atoms with van der Waals surface area (Å²) in [5.74, 6) is 1.77. The van der Waals surface area contributed by atoms with E-state index in [0.29, 0.717) is 19.0 Å². The third-order valence-electron chi connectivity index (χ3n) is 5.41. The second-order valence-electron chi connectivity index (χ2n) is 8.53. The van der Waals surface area contributed by atoms with E-state index < -0.39 is 5.54 Å². The molecule has 0 bridgehead atoms. The molecule has 7 nitrogen and oxygen atoms in total. The molecule has 0 unspecified atom stereocenters. The van der Waals surface area contributed by atoms with E-state index in [1.807, 2.05) is 42.3 Å². The molecule has 3 heterocycles. The molecule has 3 N–H and O–H groups in total. The molecule has 1 amide bonds. The lowest BCUT2D eigenvalue weighted by Crippen LogP contribution is -2.53. The molecule has 8 heteroatoms. The number of rotatable bonds is 5. The van der Waals surface area contributed by atoms with Crippen molar-refractivity contribution >= 4 is 28.2 Å². The third-order valence-corrected chi connectivity index (χ3v) is 6.37. The highest BCUT2D eigenvalue weighted by Crippen LogP contribution is 2.32. The van der Waals surface area contributed by atoms with Gasteiger partial charge in [0.1, 0.15) is 11.6 Å². The summed E-state index contributed by atoms with van der Waals surface area (Å²) in [6.45, 7) is 6.82. The molecule has 3 aromatic rings. The minimum Gasteiger partial charge on any atom is -0.341 e. The van der Waals surface area contributed by atoms with Crippen molar-refractivity contribution in [2.45, 2.75) is 45.1 Å². The van der Waals surface area contributed by atoms with Crippen molar-refractivity contribution in [3.63, 3.8) is 0 Å². The number of carbonyl (C=O) groups is 1. The number of anilines is 2. The zero-order valence-electron chi connectivity index (χ0n) is 18.1. The number of likely N-dealkylation sites (tertiary alicyclic amines) is 1. The Bertz CT molecular complexity index is 1050. The van der Waals surface area contributed by atoms with Crippen LogP contribution in [0.25, 0.3) is 10.4 Å². The molecule has 0 aliphatic carbocycles. The van der Waals surface area contributed by atoms with E-state index in [0.717, 1.165) is 45.7 Å². The summed E-state index contributed by atoms with van der Waals surface area (Å²) in [6, 6.07) is 12.2. The first-order chi connectivity index (χ1) is 14.8. The van der Waals surface area contributed by atoms with Crippen molar-refractivity contribution in [1.29, 1.82) is 0 Å². The summed E-state index contributed by atoms with van der Waals surface area (Å²) in [7, 11) is 0. The van der Waals surface area contributed by atoms with E-state index in [9.17, 15) is 4.79 Å². The first kappa shape index (κ1) is 21.4. The van der Waals surface area contributed by atoms with Crippen molar-refractivity contribution in [1.82, 2.24) is 19.9 Å². The van der Waals surface area contributed by atoms with Gasteiger partial charge in [0.05, 0.1) is 10.4 Å². The minimum absolute atomic E-state index is 0.00478. The van der Waals surface area contributed by atoms with Crippen LogP contribution in [0, 0.1) is 6.92 Å². The number of hydrogen-bond acceptors (Lipinski definition) is 7. The molecular formula is C23H28N6OS. The van der Waals surface area contributed by atoms with E-state index in [4.69, 9.17) is 5.73 Å². The number of carbonyl (C=O) groups excluding carboxylic acids is 1. The van der Waals surface area contributed by atoms with Crippen molar-refractivity contribution in [2.75, 3.05) is 18.4 Å². The van der Waals surface area contributed by atoms with Gasteiger partial charge in [-0.2, -0.15) is 0 Å². The lowest BCUT2D eigenvalue weighted by molar-refractivity contribution is -0.136. The second-order valence-corrected chi connectivity index (χ2v) is 9.56. The smallest absolute Gasteiger partial charge is 0.242 e. The highest BCUT2D eigenvalue weighted by Gasteiger charge is 2.31. The summed E-state index contributed by atoms with van der Waals surface area (Å²) in [4.78, 5) is 29.1. The second kappa shape index (κ2) is 8.72. The van der Waals surface area contributed by atoms with Gasteiger partial charge in [0.25, 0.3) is 0 Å². The van der Waals surface area contributed by atoms with E-state index >= 15 is 0 Å². The molecule has 4 rings (SSSR count). The molecule has 31 heavy (non-hydrogen) atoms. The Kier molecular flexibility index (Phi) is 6.02. The summed E-state index contributed by atoms with van der Waals surface area (Å²) in [6.07, 6.45) is 3.61. The number of nitrogens with two attached hydrogens (primary N) is 1. The zero-order chi connectivity index (χ0) is 22.0. The van der Waals surface area contributed by atoms with Gasteiger partial charge in [0, 0.05) is 37.0 Å². The van der Waals surface area contributed by atoms with Gasteiger partial charge in [-0.15, -0.1) is 0 Å². The van der Waals surface area contributed by atoms with Gasteiger partial charge in [-0.05, 0) is 39.2 Å². The zero-order valence-corrected chi connectivity index (χ0v) is 18.9. The highest BCUT2D eigenvalue weighted by atomic mass is 32.1. The van der Waals surface area contributed by atoms with Gasteiger partial charge >= 0.3 is 0 Å². The number of hydrogen-bond donors (Lipinski definition) is 2. The Labute approximate surface area is 186 Å². The maximum absolute atomic E-state index is 12.4. The van der Waals surface area contributed by atoms with Crippen LogP contribution in [0.3, 0.4) is 0 Å². The third kappa shape index (κ3) is 5.08. The lowest BCUT2D eigenvalue weighted by atomic mass is 9.92. The molecule has 1 aliphatic rings. The molecule has 0 radical (unpaired) electrons. The Morgan fingerprint density at radius 2 is 1.90 bits per heavy atom. The van der Waals surface area contributed by atoms with Crippen LogP contribution in [0.15, 0.2) is 42.6 Å². The predicted molar refractivity (Wildman–Crippen MR) is 124 cm³/mol. The number of thiazole rings is 1. The van der Waals surface area contributed by atoms with Crippen LogP contribution in [0.2, 0.25) is 0 Å². The van der Waals surface area contributed by atoms with Crippen LogP contribution >= 0.6 is 11.3 Å². The van der Waals surface area contributed by atoms with E-state index in [2.05, 4.69) is 32.4 Å². The molecule has 0 atom stereocenters. The van der Waals surface area contributed by atoms with Crippen molar-refractivity contribution in [3.05, 3.63) is 54.1 Å². The Morgan fingerprint density at radius 1 is 1.19 bits per heavy atom. The monoisotopic (exact) mass is 436 g/mol. The van der Waals surface area contributed by atoms with Crippen molar-refractivity contribution in [2.24, 2.45) is 5.73 Å². The minimum atomic E-state index is -0.832. The number of aromatic nitrogens is 3.